The van der Waals surface area contributed by atoms with Crippen molar-refractivity contribution in [1.82, 2.24) is 0 Å². The van der Waals surface area contributed by atoms with Gasteiger partial charge in [-0.25, -0.2) is 0 Å². The summed E-state index contributed by atoms with van der Waals surface area (Å²) in [6, 6.07) is 10.4. The van der Waals surface area contributed by atoms with Gasteiger partial charge < -0.3 is 0 Å². The van der Waals surface area contributed by atoms with E-state index in [0.29, 0.717) is 0 Å². The van der Waals surface area contributed by atoms with Crippen LogP contribution in [0, 0.1) is 0 Å². The molecule has 72 valence electrons. The van der Waals surface area contributed by atoms with Crippen LogP contribution in [0.2, 0.25) is 0 Å². The highest BCUT2D eigenvalue weighted by molar-refractivity contribution is 8.00. The predicted molar refractivity (Wildman–Crippen MR) is 62.3 cm³/mol. The van der Waals surface area contributed by atoms with Gasteiger partial charge in [0.05, 0.1) is 5.71 Å². The Bertz CT molecular complexity index is 368. The summed E-state index contributed by atoms with van der Waals surface area (Å²) in [6.07, 6.45) is 0.944. The monoisotopic (exact) mass is 204 g/mol. The summed E-state index contributed by atoms with van der Waals surface area (Å²) in [7, 11) is 0. The van der Waals surface area contributed by atoms with Crippen molar-refractivity contribution in [3.05, 3.63) is 30.3 Å². The molecule has 1 aromatic rings. The van der Waals surface area contributed by atoms with Crippen molar-refractivity contribution >= 4 is 23.2 Å². The topological polar surface area (TPSA) is 24.7 Å². The highest BCUT2D eigenvalue weighted by Gasteiger charge is 2.08. The van der Waals surface area contributed by atoms with Gasteiger partial charge in [-0.15, -0.1) is 11.8 Å². The van der Waals surface area contributed by atoms with E-state index >= 15 is 0 Å². The molecule has 1 heterocycles. The molecule has 1 aliphatic rings. The molecule has 2 rings (SSSR count). The van der Waals surface area contributed by atoms with Gasteiger partial charge in [0.2, 0.25) is 0 Å². The molecule has 14 heavy (non-hydrogen) atoms. The second-order valence-electron chi connectivity index (χ2n) is 3.28. The molecule has 0 fully saturated rings. The molecule has 2 nitrogen and oxygen atoms in total. The van der Waals surface area contributed by atoms with Crippen LogP contribution in [0.4, 0.5) is 0 Å². The van der Waals surface area contributed by atoms with E-state index in [9.17, 15) is 0 Å². The van der Waals surface area contributed by atoms with Crippen molar-refractivity contribution in [2.45, 2.75) is 18.2 Å². The van der Waals surface area contributed by atoms with E-state index in [4.69, 9.17) is 0 Å². The largest absolute Gasteiger partial charge is 0.160 e. The lowest BCUT2D eigenvalue weighted by molar-refractivity contribution is 1.26. The van der Waals surface area contributed by atoms with Crippen LogP contribution in [0.5, 0.6) is 0 Å². The lowest BCUT2D eigenvalue weighted by Gasteiger charge is -1.99. The summed E-state index contributed by atoms with van der Waals surface area (Å²) in [5, 5.41) is 8.14. The molecule has 0 bridgehead atoms. The van der Waals surface area contributed by atoms with Gasteiger partial charge in [0.1, 0.15) is 0 Å². The van der Waals surface area contributed by atoms with Gasteiger partial charge in [0.15, 0.2) is 0 Å². The van der Waals surface area contributed by atoms with Gasteiger partial charge in [-0.05, 0) is 19.1 Å². The third kappa shape index (κ3) is 2.45. The molecule has 0 aromatic heterocycles. The van der Waals surface area contributed by atoms with Crippen LogP contribution in [0.25, 0.3) is 0 Å². The summed E-state index contributed by atoms with van der Waals surface area (Å²) < 4.78 is 0. The third-order valence-corrected chi connectivity index (χ3v) is 3.05. The zero-order valence-corrected chi connectivity index (χ0v) is 8.92. The second-order valence-corrected chi connectivity index (χ2v) is 4.33. The van der Waals surface area contributed by atoms with Gasteiger partial charge in [-0.2, -0.15) is 10.2 Å². The lowest BCUT2D eigenvalue weighted by atomic mass is 10.2. The molecule has 0 unspecified atom stereocenters. The van der Waals surface area contributed by atoms with Gasteiger partial charge in [-0.1, -0.05) is 18.2 Å². The Morgan fingerprint density at radius 1 is 1.21 bits per heavy atom. The summed E-state index contributed by atoms with van der Waals surface area (Å²) in [4.78, 5) is 1.29. The fraction of sp³-hybridized carbons (Fsp3) is 0.273. The van der Waals surface area contributed by atoms with Crippen LogP contribution in [0.15, 0.2) is 45.4 Å². The Morgan fingerprint density at radius 3 is 2.64 bits per heavy atom. The molecule has 0 saturated heterocycles. The van der Waals surface area contributed by atoms with Crippen LogP contribution in [0.1, 0.15) is 13.3 Å². The minimum Gasteiger partial charge on any atom is -0.160 e. The van der Waals surface area contributed by atoms with Crippen LogP contribution >= 0.6 is 11.8 Å². The van der Waals surface area contributed by atoms with Crippen LogP contribution in [0.3, 0.4) is 0 Å². The molecule has 0 spiro atoms. The van der Waals surface area contributed by atoms with Gasteiger partial charge >= 0.3 is 0 Å². The normalized spacial score (nSPS) is 15.2. The predicted octanol–water partition coefficient (Wildman–Crippen LogP) is 3.00. The smallest absolute Gasteiger partial charge is 0.0564 e. The first kappa shape index (κ1) is 9.46. The molecule has 0 amide bonds. The summed E-state index contributed by atoms with van der Waals surface area (Å²) in [6.45, 7) is 2.02. The van der Waals surface area contributed by atoms with Crippen LogP contribution in [-0.2, 0) is 0 Å². The number of hydrogen-bond acceptors (Lipinski definition) is 3. The Kier molecular flexibility index (Phi) is 2.99. The Balaban J connectivity index is 1.85. The molecular weight excluding hydrogens is 192 g/mol. The molecule has 0 N–H and O–H groups in total. The first-order chi connectivity index (χ1) is 6.84. The zero-order chi connectivity index (χ0) is 9.80. The van der Waals surface area contributed by atoms with Crippen molar-refractivity contribution in [3.8, 4) is 0 Å². The highest BCUT2D eigenvalue weighted by atomic mass is 32.2. The molecule has 0 aliphatic carbocycles. The van der Waals surface area contributed by atoms with E-state index in [1.54, 1.807) is 0 Å². The van der Waals surface area contributed by atoms with Crippen LogP contribution in [-0.4, -0.2) is 17.2 Å². The Morgan fingerprint density at radius 2 is 2.00 bits per heavy atom. The van der Waals surface area contributed by atoms with E-state index in [2.05, 4.69) is 34.5 Å². The van der Waals surface area contributed by atoms with Crippen molar-refractivity contribution in [3.63, 3.8) is 0 Å². The number of benzene rings is 1. The molecule has 0 radical (unpaired) electrons. The zero-order valence-electron chi connectivity index (χ0n) is 8.10. The Hall–Kier alpha value is -1.09. The lowest BCUT2D eigenvalue weighted by Crippen LogP contribution is -2.01. The van der Waals surface area contributed by atoms with Crippen molar-refractivity contribution in [1.29, 1.82) is 0 Å². The van der Waals surface area contributed by atoms with E-state index in [1.165, 1.54) is 10.6 Å². The number of thioether (sulfide) groups is 1. The summed E-state index contributed by atoms with van der Waals surface area (Å²) in [5.41, 5.74) is 2.30. The molecule has 1 aliphatic heterocycles. The average molecular weight is 204 g/mol. The fourth-order valence-electron chi connectivity index (χ4n) is 1.29. The quantitative estimate of drug-likeness (QED) is 0.695. The maximum atomic E-state index is 4.12. The first-order valence-electron chi connectivity index (χ1n) is 4.61. The molecular formula is C11H12N2S. The van der Waals surface area contributed by atoms with E-state index in [0.717, 1.165) is 17.9 Å². The van der Waals surface area contributed by atoms with E-state index in [1.807, 2.05) is 24.8 Å². The maximum absolute atomic E-state index is 4.12. The maximum Gasteiger partial charge on any atom is 0.0564 e. The molecule has 0 atom stereocenters. The van der Waals surface area contributed by atoms with Gasteiger partial charge in [-0.3, -0.25) is 0 Å². The number of hydrogen-bond donors (Lipinski definition) is 0. The Labute approximate surface area is 88.1 Å². The van der Waals surface area contributed by atoms with Gasteiger partial charge in [0.25, 0.3) is 0 Å². The van der Waals surface area contributed by atoms with Crippen molar-refractivity contribution in [2.24, 2.45) is 10.2 Å². The fourth-order valence-corrected chi connectivity index (χ4v) is 2.13. The summed E-state index contributed by atoms with van der Waals surface area (Å²) in [5.74, 6) is 0.949. The van der Waals surface area contributed by atoms with E-state index < -0.39 is 0 Å². The second kappa shape index (κ2) is 4.42. The van der Waals surface area contributed by atoms with Crippen LogP contribution < -0.4 is 0 Å². The van der Waals surface area contributed by atoms with Crippen molar-refractivity contribution in [2.75, 3.05) is 5.75 Å². The average Bonchev–Trinajstić information content (AvgIpc) is 2.63. The standard InChI is InChI=1S/C11H12N2S/c1-9-7-10(13-12-9)8-14-11-5-3-2-4-6-11/h2-6H,7-8H2,1H3. The van der Waals surface area contributed by atoms with Crippen molar-refractivity contribution < 1.29 is 0 Å². The first-order valence-corrected chi connectivity index (χ1v) is 5.60. The minimum atomic E-state index is 0.944. The summed E-state index contributed by atoms with van der Waals surface area (Å²) >= 11 is 1.82. The molecule has 1 aromatic carbocycles. The van der Waals surface area contributed by atoms with E-state index in [-0.39, 0.29) is 0 Å². The SMILES string of the molecule is CC1=NN=C(CSc2ccccc2)C1. The minimum absolute atomic E-state index is 0.944. The highest BCUT2D eigenvalue weighted by Crippen LogP contribution is 2.19. The number of rotatable bonds is 3. The third-order valence-electron chi connectivity index (χ3n) is 1.97. The number of nitrogens with zero attached hydrogens (tertiary/aromatic N) is 2. The molecule has 0 saturated carbocycles. The molecule has 3 heteroatoms. The van der Waals surface area contributed by atoms with Gasteiger partial charge in [0, 0.05) is 22.8 Å².